The minimum absolute atomic E-state index is 0.0731. The second-order valence-electron chi connectivity index (χ2n) is 9.10. The molecule has 0 amide bonds. The average Bonchev–Trinajstić information content (AvgIpc) is 2.38. The number of aliphatic hydroxyl groups is 1. The largest absolute Gasteiger partial charge is 0.456 e. The molecule has 3 unspecified atom stereocenters. The van der Waals surface area contributed by atoms with Crippen LogP contribution in [0.2, 0.25) is 44.8 Å². The topological polar surface area (TPSA) is 65.0 Å². The Bertz CT molecular complexity index is 454. The van der Waals surface area contributed by atoms with Gasteiger partial charge < -0.3 is 18.7 Å². The zero-order valence-corrected chi connectivity index (χ0v) is 20.3. The molecule has 1 N–H and O–H groups in total. The number of hydrogen-bond acceptors (Lipinski definition) is 5. The molecule has 0 aliphatic heterocycles. The molecule has 3 atom stereocenters. The summed E-state index contributed by atoms with van der Waals surface area (Å²) >= 11 is 0. The number of aliphatic hydroxyl groups excluding tert-OH is 1. The molecule has 25 heavy (non-hydrogen) atoms. The molecule has 146 valence electrons. The first kappa shape index (κ1) is 22.8. The van der Waals surface area contributed by atoms with Crippen molar-refractivity contribution in [3.8, 4) is 0 Å². The first-order valence-corrected chi connectivity index (χ1v) is 17.6. The predicted molar refractivity (Wildman–Crippen MR) is 109 cm³/mol. The van der Waals surface area contributed by atoms with E-state index < -0.39 is 44.3 Å². The van der Waals surface area contributed by atoms with E-state index in [1.54, 1.807) is 6.92 Å². The van der Waals surface area contributed by atoms with Crippen LogP contribution in [-0.4, -0.2) is 55.4 Å². The number of rotatable bonds is 8. The molecular weight excluding hydrogens is 368 g/mol. The molecule has 0 bridgehead atoms. The lowest BCUT2D eigenvalue weighted by Crippen LogP contribution is -2.46. The van der Waals surface area contributed by atoms with Crippen LogP contribution in [-0.2, 0) is 18.4 Å². The second kappa shape index (κ2) is 9.10. The lowest BCUT2D eigenvalue weighted by atomic mass is 9.94. The van der Waals surface area contributed by atoms with Gasteiger partial charge in [-0.25, -0.2) is 4.79 Å². The maximum Gasteiger partial charge on any atom is 0.333 e. The lowest BCUT2D eigenvalue weighted by Gasteiger charge is -2.37. The van der Waals surface area contributed by atoms with Gasteiger partial charge in [0.05, 0.1) is 15.6 Å². The van der Waals surface area contributed by atoms with Gasteiger partial charge in [0.1, 0.15) is 12.0 Å². The van der Waals surface area contributed by atoms with Crippen molar-refractivity contribution in [2.75, 3.05) is 0 Å². The van der Waals surface area contributed by atoms with Gasteiger partial charge in [-0.15, -0.1) is 0 Å². The molecule has 0 aromatic rings. The summed E-state index contributed by atoms with van der Waals surface area (Å²) in [6.45, 7) is 18.4. The van der Waals surface area contributed by atoms with Crippen molar-refractivity contribution in [3.05, 3.63) is 12.2 Å². The molecule has 1 saturated carbocycles. The summed E-state index contributed by atoms with van der Waals surface area (Å²) < 4.78 is 18.1. The van der Waals surface area contributed by atoms with E-state index in [0.29, 0.717) is 24.0 Å². The van der Waals surface area contributed by atoms with E-state index in [1.165, 1.54) is 0 Å². The molecule has 8 heteroatoms. The predicted octanol–water partition coefficient (Wildman–Crippen LogP) is 2.96. The van der Waals surface area contributed by atoms with Gasteiger partial charge in [-0.1, -0.05) is 13.0 Å². The van der Waals surface area contributed by atoms with Gasteiger partial charge in [0.15, 0.2) is 16.6 Å². The fourth-order valence-corrected chi connectivity index (χ4v) is 10.0. The minimum Gasteiger partial charge on any atom is -0.456 e. The van der Waals surface area contributed by atoms with Crippen molar-refractivity contribution >= 4 is 32.1 Å². The number of hydrogen-bond donors (Lipinski definition) is 1. The Morgan fingerprint density at radius 3 is 2.08 bits per heavy atom. The van der Waals surface area contributed by atoms with Gasteiger partial charge in [-0.05, 0) is 64.6 Å². The molecule has 0 radical (unpaired) electrons. The Hall–Kier alpha value is -0.259. The molecule has 0 heterocycles. The monoisotopic (exact) mass is 404 g/mol. The van der Waals surface area contributed by atoms with Crippen LogP contribution in [0.5, 0.6) is 0 Å². The summed E-state index contributed by atoms with van der Waals surface area (Å²) in [4.78, 5) is 11.8. The first-order valence-electron chi connectivity index (χ1n) is 9.17. The molecule has 1 fully saturated rings. The summed E-state index contributed by atoms with van der Waals surface area (Å²) in [6, 6.07) is 0. The third-order valence-corrected chi connectivity index (χ3v) is 8.70. The first-order chi connectivity index (χ1) is 11.3. The van der Waals surface area contributed by atoms with Crippen molar-refractivity contribution in [1.82, 2.24) is 0 Å². The van der Waals surface area contributed by atoms with E-state index >= 15 is 0 Å². The quantitative estimate of drug-likeness (QED) is 0.292. The molecule has 0 saturated heterocycles. The van der Waals surface area contributed by atoms with Gasteiger partial charge in [0.2, 0.25) is 0 Å². The van der Waals surface area contributed by atoms with Crippen molar-refractivity contribution in [1.29, 1.82) is 0 Å². The van der Waals surface area contributed by atoms with Crippen LogP contribution < -0.4 is 0 Å². The third kappa shape index (κ3) is 9.30. The van der Waals surface area contributed by atoms with Crippen molar-refractivity contribution in [2.45, 2.75) is 89.1 Å². The van der Waals surface area contributed by atoms with Gasteiger partial charge in [-0.3, -0.25) is 0 Å². The zero-order valence-electron chi connectivity index (χ0n) is 16.9. The van der Waals surface area contributed by atoms with Crippen molar-refractivity contribution in [2.24, 2.45) is 0 Å². The minimum atomic E-state index is -1.69. The highest BCUT2D eigenvalue weighted by Gasteiger charge is 2.36. The van der Waals surface area contributed by atoms with E-state index in [0.717, 1.165) is 6.42 Å². The summed E-state index contributed by atoms with van der Waals surface area (Å²) in [5.41, 5.74) is 0.817. The Balaban J connectivity index is 2.72. The average molecular weight is 405 g/mol. The molecular formula is C17H36O5Si3. The highest BCUT2D eigenvalue weighted by molar-refractivity contribution is 6.71. The molecule has 5 nitrogen and oxygen atoms in total. The van der Waals surface area contributed by atoms with Crippen LogP contribution in [0.25, 0.3) is 0 Å². The van der Waals surface area contributed by atoms with Gasteiger partial charge in [0, 0.05) is 5.57 Å². The Labute approximate surface area is 157 Å². The smallest absolute Gasteiger partial charge is 0.333 e. The molecule has 0 aromatic carbocycles. The second-order valence-corrected chi connectivity index (χ2v) is 20.3. The van der Waals surface area contributed by atoms with Crippen LogP contribution in [0.3, 0.4) is 0 Å². The molecule has 0 spiro atoms. The number of carbonyl (C=O) groups excluding carboxylic acids is 1. The van der Waals surface area contributed by atoms with E-state index in [1.807, 2.05) is 0 Å². The number of carbonyl (C=O) groups is 1. The van der Waals surface area contributed by atoms with Crippen LogP contribution >= 0.6 is 0 Å². The van der Waals surface area contributed by atoms with Gasteiger partial charge in [0.25, 0.3) is 0 Å². The summed E-state index contributed by atoms with van der Waals surface area (Å²) in [5, 5.41) is 10.2. The number of esters is 1. The maximum atomic E-state index is 11.8. The SMILES string of the molecule is C=C(C)C(=O)OC1CC([SiH2]C(O[Si](C)(C)C)O[Si](C)(C)C)CCC1O. The zero-order chi connectivity index (χ0) is 19.4. The van der Waals surface area contributed by atoms with Crippen molar-refractivity contribution < 1.29 is 23.5 Å². The number of ether oxygens (including phenoxy) is 1. The fraction of sp³-hybridized carbons (Fsp3) is 0.824. The van der Waals surface area contributed by atoms with Crippen LogP contribution in [0, 0.1) is 0 Å². The van der Waals surface area contributed by atoms with Crippen LogP contribution in [0.4, 0.5) is 0 Å². The Morgan fingerprint density at radius 1 is 1.12 bits per heavy atom. The normalized spacial score (nSPS) is 25.6. The third-order valence-electron chi connectivity index (χ3n) is 3.97. The standard InChI is InChI=1S/C17H36O5Si3/c1-12(2)16(19)20-15-11-13(9-10-14(15)18)23-17(21-24(3,4)5)22-25(6,7)8/h13-15,17-18H,1,9-11,23H2,2-8H3. The molecule has 0 aromatic heterocycles. The summed E-state index contributed by atoms with van der Waals surface area (Å²) in [5.74, 6) is -0.490. The Kier molecular flexibility index (Phi) is 8.29. The van der Waals surface area contributed by atoms with E-state index in [4.69, 9.17) is 13.6 Å². The van der Waals surface area contributed by atoms with Gasteiger partial charge in [-0.2, -0.15) is 0 Å². The summed E-state index contributed by atoms with van der Waals surface area (Å²) in [6.07, 6.45) is 1.30. The van der Waals surface area contributed by atoms with E-state index in [9.17, 15) is 9.90 Å². The van der Waals surface area contributed by atoms with Crippen LogP contribution in [0.15, 0.2) is 12.2 Å². The fourth-order valence-electron chi connectivity index (χ4n) is 2.96. The molecule has 1 aliphatic carbocycles. The maximum absolute atomic E-state index is 11.8. The van der Waals surface area contributed by atoms with E-state index in [-0.39, 0.29) is 5.91 Å². The lowest BCUT2D eigenvalue weighted by molar-refractivity contribution is -0.152. The highest BCUT2D eigenvalue weighted by Crippen LogP contribution is 2.32. The molecule has 1 rings (SSSR count). The molecule has 1 aliphatic rings. The van der Waals surface area contributed by atoms with E-state index in [2.05, 4.69) is 45.9 Å². The summed E-state index contributed by atoms with van der Waals surface area (Å²) in [7, 11) is -4.07. The highest BCUT2D eigenvalue weighted by atomic mass is 28.4. The Morgan fingerprint density at radius 2 is 1.64 bits per heavy atom. The van der Waals surface area contributed by atoms with Crippen LogP contribution in [0.1, 0.15) is 26.2 Å². The van der Waals surface area contributed by atoms with Gasteiger partial charge >= 0.3 is 5.97 Å². The van der Waals surface area contributed by atoms with Crippen molar-refractivity contribution in [3.63, 3.8) is 0 Å².